The maximum absolute atomic E-state index is 13.7. The monoisotopic (exact) mass is 335 g/mol. The molecule has 0 radical (unpaired) electrons. The number of pyridine rings is 1. The average molecular weight is 335 g/mol. The molecule has 2 N–H and O–H groups in total. The fourth-order valence-electron chi connectivity index (χ4n) is 2.19. The summed E-state index contributed by atoms with van der Waals surface area (Å²) in [6.45, 7) is -3.04. The summed E-state index contributed by atoms with van der Waals surface area (Å²) in [5, 5.41) is 9.52. The van der Waals surface area contributed by atoms with Crippen LogP contribution in [-0.4, -0.2) is 26.8 Å². The first-order chi connectivity index (χ1) is 11.6. The van der Waals surface area contributed by atoms with Crippen molar-refractivity contribution >= 4 is 5.69 Å². The Morgan fingerprint density at radius 3 is 2.75 bits per heavy atom. The van der Waals surface area contributed by atoms with Crippen molar-refractivity contribution in [2.75, 3.05) is 5.32 Å². The molecule has 3 rings (SSSR count). The molecule has 0 fully saturated rings. The molecule has 6 nitrogen and oxygen atoms in total. The van der Waals surface area contributed by atoms with Crippen LogP contribution >= 0.6 is 0 Å². The van der Waals surface area contributed by atoms with Crippen molar-refractivity contribution in [1.29, 1.82) is 0 Å². The first-order valence-electron chi connectivity index (χ1n) is 6.89. The number of benzene rings is 1. The Bertz CT molecular complexity index is 783. The van der Waals surface area contributed by atoms with Crippen molar-refractivity contribution in [2.45, 2.75) is 12.7 Å². The molecule has 0 saturated carbocycles. The third-order valence-electron chi connectivity index (χ3n) is 3.13. The lowest BCUT2D eigenvalue weighted by molar-refractivity contribution is -0.0499. The first-order valence-corrected chi connectivity index (χ1v) is 6.89. The maximum atomic E-state index is 13.7. The van der Waals surface area contributed by atoms with Gasteiger partial charge in [-0.05, 0) is 12.1 Å². The van der Waals surface area contributed by atoms with Gasteiger partial charge < -0.3 is 10.1 Å². The van der Waals surface area contributed by atoms with E-state index in [1.807, 2.05) is 0 Å². The van der Waals surface area contributed by atoms with Crippen LogP contribution in [0, 0.1) is 5.82 Å². The Kier molecular flexibility index (Phi) is 4.59. The fraction of sp³-hybridized carbons (Fsp3) is 0.133. The number of H-pyrrole nitrogens is 1. The third-order valence-corrected chi connectivity index (χ3v) is 3.13. The minimum atomic E-state index is -3.04. The van der Waals surface area contributed by atoms with Crippen molar-refractivity contribution in [1.82, 2.24) is 20.2 Å². The lowest BCUT2D eigenvalue weighted by atomic mass is 10.1. The minimum Gasteiger partial charge on any atom is -0.435 e. The number of hydrogen-bond donors (Lipinski definition) is 2. The quantitative estimate of drug-likeness (QED) is 0.724. The molecular formula is C15H12F3N5O. The molecule has 0 aliphatic carbocycles. The highest BCUT2D eigenvalue weighted by Gasteiger charge is 2.18. The summed E-state index contributed by atoms with van der Waals surface area (Å²) in [4.78, 5) is 8.11. The molecule has 0 saturated heterocycles. The number of hydrogen-bond acceptors (Lipinski definition) is 5. The average Bonchev–Trinajstić information content (AvgIpc) is 3.06. The molecule has 2 heterocycles. The molecule has 2 aromatic heterocycles. The first kappa shape index (κ1) is 15.8. The lowest BCUT2D eigenvalue weighted by Gasteiger charge is -2.18. The number of anilines is 1. The second-order valence-electron chi connectivity index (χ2n) is 4.79. The highest BCUT2D eigenvalue weighted by Crippen LogP contribution is 2.27. The predicted octanol–water partition coefficient (Wildman–Crippen LogP) is 3.14. The van der Waals surface area contributed by atoms with E-state index in [2.05, 4.69) is 30.2 Å². The smallest absolute Gasteiger partial charge is 0.387 e. The summed E-state index contributed by atoms with van der Waals surface area (Å²) < 4.78 is 42.6. The highest BCUT2D eigenvalue weighted by atomic mass is 19.3. The van der Waals surface area contributed by atoms with E-state index < -0.39 is 18.5 Å². The number of nitrogens with zero attached hydrogens (tertiary/aromatic N) is 3. The number of aromatic nitrogens is 4. The summed E-state index contributed by atoms with van der Waals surface area (Å²) in [5.41, 5.74) is 0.978. The molecule has 124 valence electrons. The Balaban J connectivity index is 1.92. The second-order valence-corrected chi connectivity index (χ2v) is 4.79. The van der Waals surface area contributed by atoms with Crippen LogP contribution < -0.4 is 10.1 Å². The molecule has 9 heteroatoms. The van der Waals surface area contributed by atoms with Crippen LogP contribution in [0.4, 0.5) is 18.9 Å². The van der Waals surface area contributed by atoms with Crippen LogP contribution in [0.5, 0.6) is 5.75 Å². The summed E-state index contributed by atoms with van der Waals surface area (Å²) in [7, 11) is 0. The number of rotatable bonds is 6. The molecule has 1 aromatic carbocycles. The summed E-state index contributed by atoms with van der Waals surface area (Å²) >= 11 is 0. The zero-order valence-corrected chi connectivity index (χ0v) is 12.2. The highest BCUT2D eigenvalue weighted by molar-refractivity contribution is 5.51. The Morgan fingerprint density at radius 2 is 2.08 bits per heavy atom. The fourth-order valence-corrected chi connectivity index (χ4v) is 2.19. The van der Waals surface area contributed by atoms with Gasteiger partial charge in [-0.2, -0.15) is 13.9 Å². The van der Waals surface area contributed by atoms with Crippen LogP contribution in [0.1, 0.15) is 17.4 Å². The van der Waals surface area contributed by atoms with Gasteiger partial charge in [-0.25, -0.2) is 9.37 Å². The number of aromatic amines is 1. The predicted molar refractivity (Wildman–Crippen MR) is 79.1 cm³/mol. The van der Waals surface area contributed by atoms with E-state index in [0.29, 0.717) is 5.82 Å². The molecule has 0 aliphatic heterocycles. The van der Waals surface area contributed by atoms with Crippen molar-refractivity contribution in [2.24, 2.45) is 0 Å². The van der Waals surface area contributed by atoms with Crippen LogP contribution in [0.25, 0.3) is 0 Å². The van der Waals surface area contributed by atoms with Crippen LogP contribution in [0.2, 0.25) is 0 Å². The molecule has 1 atom stereocenters. The van der Waals surface area contributed by atoms with E-state index in [1.54, 1.807) is 24.5 Å². The van der Waals surface area contributed by atoms with Crippen LogP contribution in [0.15, 0.2) is 49.1 Å². The van der Waals surface area contributed by atoms with Gasteiger partial charge in [0.2, 0.25) is 0 Å². The van der Waals surface area contributed by atoms with Gasteiger partial charge in [0.05, 0.1) is 0 Å². The topological polar surface area (TPSA) is 75.7 Å². The van der Waals surface area contributed by atoms with Gasteiger partial charge in [0.1, 0.15) is 23.9 Å². The normalized spacial score (nSPS) is 12.2. The minimum absolute atomic E-state index is 0.246. The Labute approximate surface area is 134 Å². The maximum Gasteiger partial charge on any atom is 0.387 e. The van der Waals surface area contributed by atoms with Gasteiger partial charge in [-0.3, -0.25) is 10.1 Å². The third kappa shape index (κ3) is 3.80. The molecular weight excluding hydrogens is 323 g/mol. The van der Waals surface area contributed by atoms with Crippen molar-refractivity contribution in [3.63, 3.8) is 0 Å². The van der Waals surface area contributed by atoms with Crippen LogP contribution in [-0.2, 0) is 0 Å². The zero-order chi connectivity index (χ0) is 16.9. The van der Waals surface area contributed by atoms with E-state index >= 15 is 0 Å². The number of nitrogens with one attached hydrogen (secondary N) is 2. The van der Waals surface area contributed by atoms with Gasteiger partial charge in [-0.15, -0.1) is 0 Å². The Morgan fingerprint density at radius 1 is 1.21 bits per heavy atom. The van der Waals surface area contributed by atoms with E-state index in [-0.39, 0.29) is 11.4 Å². The van der Waals surface area contributed by atoms with Gasteiger partial charge in [0.25, 0.3) is 0 Å². The van der Waals surface area contributed by atoms with Crippen molar-refractivity contribution in [3.8, 4) is 5.75 Å². The van der Waals surface area contributed by atoms with E-state index in [1.165, 1.54) is 12.4 Å². The number of alkyl halides is 2. The summed E-state index contributed by atoms with van der Waals surface area (Å²) in [5.74, 6) is -0.531. The van der Waals surface area contributed by atoms with E-state index in [4.69, 9.17) is 0 Å². The lowest BCUT2D eigenvalue weighted by Crippen LogP contribution is -2.14. The molecule has 3 aromatic rings. The van der Waals surface area contributed by atoms with Crippen LogP contribution in [0.3, 0.4) is 0 Å². The largest absolute Gasteiger partial charge is 0.435 e. The van der Waals surface area contributed by atoms with Gasteiger partial charge in [0.15, 0.2) is 5.82 Å². The summed E-state index contributed by atoms with van der Waals surface area (Å²) in [6, 6.07) is 6.32. The summed E-state index contributed by atoms with van der Waals surface area (Å²) in [6.07, 6.45) is 4.55. The van der Waals surface area contributed by atoms with Crippen molar-refractivity contribution in [3.05, 3.63) is 66.3 Å². The zero-order valence-electron chi connectivity index (χ0n) is 12.2. The molecule has 24 heavy (non-hydrogen) atoms. The molecule has 0 aliphatic rings. The standard InChI is InChI=1S/C15H12F3N5O/c16-10-4-11(6-12(5-10)24-15(17)18)22-13(14-20-8-21-23-14)9-2-1-3-19-7-9/h1-8,13,15,22H,(H,20,21,23). The molecule has 0 bridgehead atoms. The number of halogens is 3. The van der Waals surface area contributed by atoms with Gasteiger partial charge >= 0.3 is 6.61 Å². The molecule has 0 spiro atoms. The van der Waals surface area contributed by atoms with E-state index in [9.17, 15) is 13.2 Å². The SMILES string of the molecule is Fc1cc(NC(c2cccnc2)c2ncn[nH]2)cc(OC(F)F)c1. The van der Waals surface area contributed by atoms with Gasteiger partial charge in [-0.1, -0.05) is 6.07 Å². The number of ether oxygens (including phenoxy) is 1. The Hall–Kier alpha value is -3.10. The second kappa shape index (κ2) is 6.99. The molecule has 1 unspecified atom stereocenters. The van der Waals surface area contributed by atoms with Crippen molar-refractivity contribution < 1.29 is 17.9 Å². The molecule has 0 amide bonds. The van der Waals surface area contributed by atoms with Gasteiger partial charge in [0, 0.05) is 35.8 Å². The van der Waals surface area contributed by atoms with E-state index in [0.717, 1.165) is 17.7 Å².